The standard InChI is InChI=1S/C57H40O5S4/c1-29-15-19-33(20-16-29)43-39-27-41-48(59)46(56(61)65-52(41)31(3)50(39)63-54(43)36-11-7-5-8-12-36)45(35-23-25-38(58)26-24-35)47-49(60)42-28-40-44(34-21-17-30(2)18-22-34)55(37-13-9-6-10-14-37)64-51(40)32(4)53(42)66-57(47)62/h5-28,45,58,61-62H,1-4H3. The summed E-state index contributed by atoms with van der Waals surface area (Å²) < 4.78 is 3.33. The lowest BCUT2D eigenvalue weighted by molar-refractivity contribution is 0.472. The van der Waals surface area contributed by atoms with Crippen LogP contribution in [0.5, 0.6) is 15.9 Å². The molecule has 4 aromatic heterocycles. The van der Waals surface area contributed by atoms with E-state index in [0.29, 0.717) is 25.7 Å². The monoisotopic (exact) mass is 932 g/mol. The molecule has 0 saturated heterocycles. The van der Waals surface area contributed by atoms with Gasteiger partial charge in [0.05, 0.1) is 17.0 Å². The summed E-state index contributed by atoms with van der Waals surface area (Å²) in [5.74, 6) is -1.18. The van der Waals surface area contributed by atoms with Gasteiger partial charge in [0.25, 0.3) is 0 Å². The number of phenolic OH excluding ortho intramolecular Hbond substituents is 1. The number of aryl methyl sites for hydroxylation is 4. The van der Waals surface area contributed by atoms with Crippen LogP contribution in [0.4, 0.5) is 0 Å². The molecule has 4 heterocycles. The highest BCUT2D eigenvalue weighted by Crippen LogP contribution is 2.52. The van der Waals surface area contributed by atoms with Crippen LogP contribution in [0.2, 0.25) is 0 Å². The molecule has 66 heavy (non-hydrogen) atoms. The molecule has 0 aliphatic heterocycles. The number of aromatic hydroxyl groups is 3. The van der Waals surface area contributed by atoms with E-state index in [0.717, 1.165) is 108 Å². The molecule has 5 nitrogen and oxygen atoms in total. The van der Waals surface area contributed by atoms with Gasteiger partial charge in [0.2, 0.25) is 0 Å². The molecule has 11 rings (SSSR count). The molecular weight excluding hydrogens is 893 g/mol. The molecule has 0 atom stereocenters. The van der Waals surface area contributed by atoms with E-state index >= 15 is 9.59 Å². The normalized spacial score (nSPS) is 11.8. The predicted molar refractivity (Wildman–Crippen MR) is 280 cm³/mol. The van der Waals surface area contributed by atoms with Crippen molar-refractivity contribution in [3.05, 3.63) is 205 Å². The number of hydrogen-bond acceptors (Lipinski definition) is 9. The Morgan fingerprint density at radius 2 is 0.788 bits per heavy atom. The average molecular weight is 933 g/mol. The predicted octanol–water partition coefficient (Wildman–Crippen LogP) is 15.5. The Kier molecular flexibility index (Phi) is 10.3. The van der Waals surface area contributed by atoms with Crippen LogP contribution in [0.25, 0.3) is 83.5 Å². The van der Waals surface area contributed by atoms with Crippen LogP contribution in [-0.4, -0.2) is 15.3 Å². The molecule has 0 spiro atoms. The van der Waals surface area contributed by atoms with E-state index in [1.807, 2.05) is 62.4 Å². The van der Waals surface area contributed by atoms with Crippen LogP contribution in [0.1, 0.15) is 44.9 Å². The van der Waals surface area contributed by atoms with Gasteiger partial charge in [-0.3, -0.25) is 9.59 Å². The zero-order valence-electron chi connectivity index (χ0n) is 36.2. The quantitative estimate of drug-likeness (QED) is 0.148. The number of hydrogen-bond donors (Lipinski definition) is 3. The SMILES string of the molecule is Cc1ccc(-c2c(-c3ccccc3)sc3c(C)c4sc(O)c(C(c5ccc(O)cc5)c5c(O)sc6c(C)c7sc(-c8ccccc8)c(-c8ccc(C)cc8)c7cc6c5=O)c(=O)c4cc23)cc1. The molecule has 0 fully saturated rings. The maximum Gasteiger partial charge on any atom is 0.196 e. The van der Waals surface area contributed by atoms with E-state index in [9.17, 15) is 15.3 Å². The van der Waals surface area contributed by atoms with Gasteiger partial charge in [-0.05, 0) is 90.9 Å². The van der Waals surface area contributed by atoms with Crippen molar-refractivity contribution in [1.29, 1.82) is 0 Å². The van der Waals surface area contributed by atoms with Crippen LogP contribution in [-0.2, 0) is 0 Å². The molecular formula is C57H40O5S4. The van der Waals surface area contributed by atoms with E-state index in [4.69, 9.17) is 0 Å². The Balaban J connectivity index is 1.19. The van der Waals surface area contributed by atoms with Crippen molar-refractivity contribution in [3.63, 3.8) is 0 Å². The summed E-state index contributed by atoms with van der Waals surface area (Å²) in [5, 5.41) is 37.1. The van der Waals surface area contributed by atoms with Crippen molar-refractivity contribution >= 4 is 85.7 Å². The number of rotatable bonds is 7. The van der Waals surface area contributed by atoms with Crippen LogP contribution in [0.3, 0.4) is 0 Å². The van der Waals surface area contributed by atoms with Gasteiger partial charge in [0.15, 0.2) is 21.0 Å². The van der Waals surface area contributed by atoms with E-state index in [1.54, 1.807) is 34.8 Å². The first kappa shape index (κ1) is 41.8. The summed E-state index contributed by atoms with van der Waals surface area (Å²) in [6.45, 7) is 8.11. The lowest BCUT2D eigenvalue weighted by atomic mass is 9.85. The third kappa shape index (κ3) is 6.76. The second kappa shape index (κ2) is 16.2. The Bertz CT molecular complexity index is 3610. The van der Waals surface area contributed by atoms with E-state index < -0.39 is 16.8 Å². The maximum absolute atomic E-state index is 15.5. The highest BCUT2D eigenvalue weighted by molar-refractivity contribution is 7.25. The Labute approximate surface area is 396 Å². The zero-order valence-corrected chi connectivity index (χ0v) is 39.5. The van der Waals surface area contributed by atoms with Crippen LogP contribution < -0.4 is 10.9 Å². The molecule has 0 unspecified atom stereocenters. The summed E-state index contributed by atoms with van der Waals surface area (Å²) >= 11 is 5.55. The molecule has 11 aromatic rings. The third-order valence-corrected chi connectivity index (χ3v) is 17.7. The molecule has 9 heteroatoms. The van der Waals surface area contributed by atoms with E-state index in [-0.39, 0.29) is 27.0 Å². The first-order valence-electron chi connectivity index (χ1n) is 21.5. The van der Waals surface area contributed by atoms with Crippen LogP contribution >= 0.6 is 45.3 Å². The number of fused-ring (bicyclic) bond motifs is 4. The fourth-order valence-electron chi connectivity index (χ4n) is 9.39. The van der Waals surface area contributed by atoms with Gasteiger partial charge < -0.3 is 15.3 Å². The van der Waals surface area contributed by atoms with Crippen molar-refractivity contribution < 1.29 is 15.3 Å². The topological polar surface area (TPSA) is 94.8 Å². The minimum atomic E-state index is -1.18. The highest BCUT2D eigenvalue weighted by atomic mass is 32.1. The molecule has 7 aromatic carbocycles. The van der Waals surface area contributed by atoms with Crippen molar-refractivity contribution in [2.75, 3.05) is 0 Å². The van der Waals surface area contributed by atoms with Gasteiger partial charge >= 0.3 is 0 Å². The smallest absolute Gasteiger partial charge is 0.196 e. The van der Waals surface area contributed by atoms with Gasteiger partial charge in [-0.15, -0.1) is 22.7 Å². The fraction of sp³-hybridized carbons (Fsp3) is 0.0877. The average Bonchev–Trinajstić information content (AvgIpc) is 3.91. The summed E-state index contributed by atoms with van der Waals surface area (Å²) in [7, 11) is 0. The fourth-order valence-corrected chi connectivity index (χ4v) is 14.2. The molecule has 0 radical (unpaired) electrons. The molecule has 322 valence electrons. The molecule has 0 bridgehead atoms. The van der Waals surface area contributed by atoms with Crippen LogP contribution in [0.15, 0.2) is 155 Å². The molecule has 0 aliphatic rings. The summed E-state index contributed by atoms with van der Waals surface area (Å²) in [6.07, 6.45) is 0. The zero-order chi connectivity index (χ0) is 45.5. The highest BCUT2D eigenvalue weighted by Gasteiger charge is 2.33. The first-order chi connectivity index (χ1) is 32.0. The first-order valence-corrected chi connectivity index (χ1v) is 24.8. The van der Waals surface area contributed by atoms with Gasteiger partial charge in [0, 0.05) is 61.2 Å². The lowest BCUT2D eigenvalue weighted by Crippen LogP contribution is -2.21. The molecule has 0 saturated carbocycles. The maximum atomic E-state index is 15.5. The van der Waals surface area contributed by atoms with Gasteiger partial charge in [-0.25, -0.2) is 0 Å². The van der Waals surface area contributed by atoms with E-state index in [2.05, 4.69) is 86.6 Å². The molecule has 0 amide bonds. The largest absolute Gasteiger partial charge is 0.508 e. The number of phenols is 1. The molecule has 0 aliphatic carbocycles. The summed E-state index contributed by atoms with van der Waals surface area (Å²) in [6, 6.07) is 47.5. The summed E-state index contributed by atoms with van der Waals surface area (Å²) in [5.41, 5.74) is 9.82. The number of thiophene rings is 2. The van der Waals surface area contributed by atoms with Crippen molar-refractivity contribution in [2.45, 2.75) is 33.6 Å². The van der Waals surface area contributed by atoms with Gasteiger partial charge in [0.1, 0.15) is 5.75 Å². The Morgan fingerprint density at radius 3 is 1.18 bits per heavy atom. The van der Waals surface area contributed by atoms with Gasteiger partial charge in [-0.2, -0.15) is 0 Å². The Morgan fingerprint density at radius 1 is 0.409 bits per heavy atom. The second-order valence-corrected chi connectivity index (χ2v) is 21.0. The summed E-state index contributed by atoms with van der Waals surface area (Å²) in [4.78, 5) is 33.1. The van der Waals surface area contributed by atoms with E-state index in [1.165, 1.54) is 12.1 Å². The molecule has 3 N–H and O–H groups in total. The second-order valence-electron chi connectivity index (χ2n) is 16.9. The van der Waals surface area contributed by atoms with Crippen molar-refractivity contribution in [1.82, 2.24) is 0 Å². The number of benzene rings is 7. The third-order valence-electron chi connectivity index (χ3n) is 12.7. The van der Waals surface area contributed by atoms with Gasteiger partial charge in [-0.1, -0.05) is 155 Å². The van der Waals surface area contributed by atoms with Crippen molar-refractivity contribution in [3.8, 4) is 59.0 Å². The minimum absolute atomic E-state index is 0.0000499. The van der Waals surface area contributed by atoms with Crippen molar-refractivity contribution in [2.24, 2.45) is 0 Å². The van der Waals surface area contributed by atoms with Crippen LogP contribution in [0, 0.1) is 27.7 Å². The minimum Gasteiger partial charge on any atom is -0.508 e. The Hall–Kier alpha value is -6.88. The lowest BCUT2D eigenvalue weighted by Gasteiger charge is -2.21.